The summed E-state index contributed by atoms with van der Waals surface area (Å²) >= 11 is 0. The molecule has 0 aromatic heterocycles. The van der Waals surface area contributed by atoms with Gasteiger partial charge in [-0.2, -0.15) is 0 Å². The van der Waals surface area contributed by atoms with Crippen molar-refractivity contribution in [3.05, 3.63) is 43.0 Å². The highest BCUT2D eigenvalue weighted by atomic mass is 16.5. The quantitative estimate of drug-likeness (QED) is 0.835. The summed E-state index contributed by atoms with van der Waals surface area (Å²) in [6.07, 6.45) is 0. The summed E-state index contributed by atoms with van der Waals surface area (Å²) in [7, 11) is 3.65. The van der Waals surface area contributed by atoms with Gasteiger partial charge in [0.15, 0.2) is 0 Å². The lowest BCUT2D eigenvalue weighted by molar-refractivity contribution is -0.117. The van der Waals surface area contributed by atoms with Crippen molar-refractivity contribution in [2.24, 2.45) is 0 Å². The molecule has 1 aliphatic heterocycles. The molecule has 2 rings (SSSR count). The van der Waals surface area contributed by atoms with Crippen molar-refractivity contribution in [3.63, 3.8) is 0 Å². The van der Waals surface area contributed by atoms with E-state index in [9.17, 15) is 0 Å². The Morgan fingerprint density at radius 3 is 2.44 bits per heavy atom. The van der Waals surface area contributed by atoms with Crippen LogP contribution in [0.5, 0.6) is 0 Å². The van der Waals surface area contributed by atoms with Crippen LogP contribution in [0.25, 0.3) is 0 Å². The lowest BCUT2D eigenvalue weighted by atomic mass is 10.0. The van der Waals surface area contributed by atoms with E-state index in [2.05, 4.69) is 36.4 Å². The van der Waals surface area contributed by atoms with Crippen molar-refractivity contribution in [1.29, 1.82) is 0 Å². The highest BCUT2D eigenvalue weighted by Gasteiger charge is 2.34. The van der Waals surface area contributed by atoms with Crippen LogP contribution in [-0.4, -0.2) is 31.1 Å². The second kappa shape index (κ2) is 4.95. The molecule has 0 saturated carbocycles. The van der Waals surface area contributed by atoms with Crippen LogP contribution >= 0.6 is 0 Å². The largest absolute Gasteiger partial charge is 0.354 e. The van der Waals surface area contributed by atoms with Crippen molar-refractivity contribution in [2.75, 3.05) is 26.2 Å². The van der Waals surface area contributed by atoms with Crippen LogP contribution in [0.4, 0.5) is 0 Å². The number of nitrogens with one attached hydrogen (secondary N) is 1. The summed E-state index contributed by atoms with van der Waals surface area (Å²) in [5, 5.41) is 3.34. The Hall–Kier alpha value is -0.900. The van der Waals surface area contributed by atoms with Gasteiger partial charge < -0.3 is 10.1 Å². The minimum absolute atomic E-state index is 0.413. The molecule has 87 valence electrons. The SMILES string of the molecule is [CH2]OC(C)(c1ccccc1)N1CCNCC1. The van der Waals surface area contributed by atoms with E-state index in [4.69, 9.17) is 4.74 Å². The van der Waals surface area contributed by atoms with Gasteiger partial charge in [0, 0.05) is 26.2 Å². The number of nitrogens with zero attached hydrogens (tertiary/aromatic N) is 1. The zero-order valence-corrected chi connectivity index (χ0v) is 9.78. The minimum Gasteiger partial charge on any atom is -0.354 e. The van der Waals surface area contributed by atoms with Crippen LogP contribution < -0.4 is 5.32 Å². The van der Waals surface area contributed by atoms with Crippen LogP contribution in [0.2, 0.25) is 0 Å². The molecule has 1 unspecified atom stereocenters. The van der Waals surface area contributed by atoms with E-state index in [1.165, 1.54) is 0 Å². The summed E-state index contributed by atoms with van der Waals surface area (Å²) < 4.78 is 5.51. The fourth-order valence-corrected chi connectivity index (χ4v) is 2.20. The molecule has 1 fully saturated rings. The number of benzene rings is 1. The van der Waals surface area contributed by atoms with Gasteiger partial charge in [-0.05, 0) is 12.5 Å². The number of hydrogen-bond acceptors (Lipinski definition) is 3. The van der Waals surface area contributed by atoms with Gasteiger partial charge in [0.05, 0.1) is 7.11 Å². The molecule has 1 radical (unpaired) electrons. The molecule has 1 N–H and O–H groups in total. The van der Waals surface area contributed by atoms with Crippen LogP contribution in [0.3, 0.4) is 0 Å². The van der Waals surface area contributed by atoms with Gasteiger partial charge in [-0.1, -0.05) is 30.3 Å². The fraction of sp³-hybridized carbons (Fsp3) is 0.462. The van der Waals surface area contributed by atoms with E-state index in [0.717, 1.165) is 31.7 Å². The van der Waals surface area contributed by atoms with E-state index in [1.54, 1.807) is 0 Å². The molecule has 3 nitrogen and oxygen atoms in total. The topological polar surface area (TPSA) is 24.5 Å². The van der Waals surface area contributed by atoms with Gasteiger partial charge in [-0.3, -0.25) is 4.90 Å². The molecule has 1 atom stereocenters. The number of piperazine rings is 1. The molecular formula is C13H19N2O. The number of hydrogen-bond donors (Lipinski definition) is 1. The molecule has 1 aliphatic rings. The van der Waals surface area contributed by atoms with Crippen LogP contribution in [0, 0.1) is 7.11 Å². The first kappa shape index (κ1) is 11.6. The first-order valence-corrected chi connectivity index (χ1v) is 5.72. The Bertz CT molecular complexity index is 322. The van der Waals surface area contributed by atoms with Gasteiger partial charge in [-0.25, -0.2) is 0 Å². The van der Waals surface area contributed by atoms with E-state index >= 15 is 0 Å². The zero-order valence-electron chi connectivity index (χ0n) is 9.78. The molecule has 0 spiro atoms. The Balaban J connectivity index is 2.24. The maximum atomic E-state index is 5.51. The summed E-state index contributed by atoms with van der Waals surface area (Å²) in [6.45, 7) is 6.07. The summed E-state index contributed by atoms with van der Waals surface area (Å²) in [6, 6.07) is 10.3. The molecule has 1 saturated heterocycles. The average molecular weight is 219 g/mol. The lowest BCUT2D eigenvalue weighted by Gasteiger charge is -2.42. The Kier molecular flexibility index (Phi) is 3.59. The van der Waals surface area contributed by atoms with E-state index in [-0.39, 0.29) is 0 Å². The maximum Gasteiger partial charge on any atom is 0.145 e. The van der Waals surface area contributed by atoms with Gasteiger partial charge in [0.1, 0.15) is 5.72 Å². The second-order valence-electron chi connectivity index (χ2n) is 4.23. The highest BCUT2D eigenvalue weighted by Crippen LogP contribution is 2.29. The Morgan fingerprint density at radius 2 is 1.88 bits per heavy atom. The van der Waals surface area contributed by atoms with Crippen LogP contribution in [0.1, 0.15) is 12.5 Å². The van der Waals surface area contributed by atoms with Crippen molar-refractivity contribution in [3.8, 4) is 0 Å². The summed E-state index contributed by atoms with van der Waals surface area (Å²) in [5.41, 5.74) is 0.746. The molecule has 0 amide bonds. The third-order valence-corrected chi connectivity index (χ3v) is 3.31. The second-order valence-corrected chi connectivity index (χ2v) is 4.23. The first-order valence-electron chi connectivity index (χ1n) is 5.72. The molecular weight excluding hydrogens is 200 g/mol. The maximum absolute atomic E-state index is 5.51. The molecule has 1 aromatic rings. The molecule has 0 aliphatic carbocycles. The summed E-state index contributed by atoms with van der Waals surface area (Å²) in [4.78, 5) is 2.33. The third-order valence-electron chi connectivity index (χ3n) is 3.31. The molecule has 3 heteroatoms. The van der Waals surface area contributed by atoms with Crippen molar-refractivity contribution in [2.45, 2.75) is 12.6 Å². The Morgan fingerprint density at radius 1 is 1.25 bits per heavy atom. The lowest BCUT2D eigenvalue weighted by Crippen LogP contribution is -2.53. The number of ether oxygens (including phenoxy) is 1. The molecule has 16 heavy (non-hydrogen) atoms. The molecule has 1 aromatic carbocycles. The standard InChI is InChI=1S/C13H19N2O/c1-13(16-2,12-6-4-3-5-7-12)15-10-8-14-9-11-15/h3-7,14H,2,8-11H2,1H3. The van der Waals surface area contributed by atoms with E-state index in [0.29, 0.717) is 0 Å². The number of rotatable bonds is 3. The Labute approximate surface area is 97.4 Å². The van der Waals surface area contributed by atoms with E-state index < -0.39 is 5.72 Å². The smallest absolute Gasteiger partial charge is 0.145 e. The predicted molar refractivity (Wildman–Crippen MR) is 64.7 cm³/mol. The van der Waals surface area contributed by atoms with Gasteiger partial charge in [0.2, 0.25) is 0 Å². The average Bonchev–Trinajstić information content (AvgIpc) is 2.40. The first-order chi connectivity index (χ1) is 7.77. The van der Waals surface area contributed by atoms with Gasteiger partial charge in [-0.15, -0.1) is 0 Å². The van der Waals surface area contributed by atoms with Gasteiger partial charge in [0.25, 0.3) is 0 Å². The molecule has 1 heterocycles. The fourth-order valence-electron chi connectivity index (χ4n) is 2.20. The zero-order chi connectivity index (χ0) is 11.4. The predicted octanol–water partition coefficient (Wildman–Crippen LogP) is 1.57. The van der Waals surface area contributed by atoms with Gasteiger partial charge >= 0.3 is 0 Å². The highest BCUT2D eigenvalue weighted by molar-refractivity contribution is 5.21. The normalized spacial score (nSPS) is 21.6. The van der Waals surface area contributed by atoms with Crippen LogP contribution in [-0.2, 0) is 10.5 Å². The third kappa shape index (κ3) is 2.12. The molecule has 0 bridgehead atoms. The van der Waals surface area contributed by atoms with Crippen molar-refractivity contribution in [1.82, 2.24) is 10.2 Å². The minimum atomic E-state index is -0.413. The van der Waals surface area contributed by atoms with E-state index in [1.807, 2.05) is 18.2 Å². The van der Waals surface area contributed by atoms with Crippen molar-refractivity contribution < 1.29 is 4.74 Å². The summed E-state index contributed by atoms with van der Waals surface area (Å²) in [5.74, 6) is 0. The monoisotopic (exact) mass is 219 g/mol. The van der Waals surface area contributed by atoms with Crippen molar-refractivity contribution >= 4 is 0 Å². The van der Waals surface area contributed by atoms with Crippen LogP contribution in [0.15, 0.2) is 30.3 Å².